The maximum absolute atomic E-state index is 14.6. The molecule has 3 atom stereocenters. The quantitative estimate of drug-likeness (QED) is 0.764. The van der Waals surface area contributed by atoms with Crippen molar-refractivity contribution in [3.05, 3.63) is 29.1 Å². The number of carbonyl (C=O) groups is 1. The first kappa shape index (κ1) is 18.7. The van der Waals surface area contributed by atoms with Crippen LogP contribution in [0, 0.1) is 17.2 Å². The van der Waals surface area contributed by atoms with Crippen LogP contribution in [0.5, 0.6) is 5.75 Å². The van der Waals surface area contributed by atoms with Crippen molar-refractivity contribution in [1.29, 1.82) is 0 Å². The van der Waals surface area contributed by atoms with Crippen LogP contribution in [0.3, 0.4) is 0 Å². The normalized spacial score (nSPS) is 29.8. The van der Waals surface area contributed by atoms with Crippen molar-refractivity contribution in [1.82, 2.24) is 0 Å². The third-order valence-corrected chi connectivity index (χ3v) is 6.14. The van der Waals surface area contributed by atoms with Crippen LogP contribution in [0.15, 0.2) is 12.1 Å². The molecule has 0 spiro atoms. The Balaban J connectivity index is 1.51. The topological polar surface area (TPSA) is 55.8 Å². The summed E-state index contributed by atoms with van der Waals surface area (Å²) in [6.45, 7) is 5.88. The molecule has 0 radical (unpaired) electrons. The average molecular weight is 376 g/mol. The second-order valence-electron chi connectivity index (χ2n) is 9.63. The first-order valence-corrected chi connectivity index (χ1v) is 10.0. The molecule has 1 aromatic rings. The molecule has 0 heterocycles. The van der Waals surface area contributed by atoms with E-state index in [9.17, 15) is 14.3 Å². The summed E-state index contributed by atoms with van der Waals surface area (Å²) in [6, 6.07) is 2.99. The van der Waals surface area contributed by atoms with Gasteiger partial charge in [0.15, 0.2) is 0 Å². The van der Waals surface area contributed by atoms with Gasteiger partial charge in [-0.05, 0) is 82.8 Å². The first-order chi connectivity index (χ1) is 12.7. The lowest BCUT2D eigenvalue weighted by Crippen LogP contribution is -2.25. The lowest BCUT2D eigenvalue weighted by molar-refractivity contribution is 0.00645. The van der Waals surface area contributed by atoms with E-state index in [4.69, 9.17) is 9.47 Å². The molecule has 0 amide bonds. The van der Waals surface area contributed by atoms with Crippen LogP contribution in [-0.4, -0.2) is 29.4 Å². The summed E-state index contributed by atoms with van der Waals surface area (Å²) in [5.41, 5.74) is 0.397. The van der Waals surface area contributed by atoms with E-state index in [0.717, 1.165) is 44.1 Å². The number of fused-ring (bicyclic) bond motifs is 1. The fourth-order valence-electron chi connectivity index (χ4n) is 4.34. The lowest BCUT2D eigenvalue weighted by atomic mass is 9.87. The number of benzene rings is 1. The van der Waals surface area contributed by atoms with Crippen molar-refractivity contribution >= 4 is 5.97 Å². The van der Waals surface area contributed by atoms with E-state index in [2.05, 4.69) is 0 Å². The molecule has 3 fully saturated rings. The van der Waals surface area contributed by atoms with Crippen LogP contribution < -0.4 is 4.74 Å². The van der Waals surface area contributed by atoms with Crippen molar-refractivity contribution in [2.75, 3.05) is 6.61 Å². The molecule has 0 aliphatic heterocycles. The highest BCUT2D eigenvalue weighted by Crippen LogP contribution is 2.61. The van der Waals surface area contributed by atoms with E-state index >= 15 is 0 Å². The average Bonchev–Trinajstić information content (AvgIpc) is 3.46. The van der Waals surface area contributed by atoms with Crippen LogP contribution in [0.2, 0.25) is 0 Å². The number of rotatable bonds is 5. The smallest absolute Gasteiger partial charge is 0.341 e. The predicted octanol–water partition coefficient (Wildman–Crippen LogP) is 4.59. The third kappa shape index (κ3) is 3.98. The zero-order chi connectivity index (χ0) is 19.4. The second kappa shape index (κ2) is 6.47. The molecule has 3 aliphatic carbocycles. The number of aliphatic hydroxyl groups is 1. The molecule has 0 aromatic heterocycles. The van der Waals surface area contributed by atoms with Gasteiger partial charge in [-0.1, -0.05) is 0 Å². The molecular formula is C22H29FO4. The van der Waals surface area contributed by atoms with E-state index in [0.29, 0.717) is 24.2 Å². The summed E-state index contributed by atoms with van der Waals surface area (Å²) in [5.74, 6) is 0.204. The number of hydrogen-bond donors (Lipinski definition) is 1. The van der Waals surface area contributed by atoms with Gasteiger partial charge in [0.1, 0.15) is 17.2 Å². The second-order valence-corrected chi connectivity index (χ2v) is 9.63. The molecule has 1 N–H and O–H groups in total. The van der Waals surface area contributed by atoms with Crippen molar-refractivity contribution in [3.63, 3.8) is 0 Å². The molecule has 0 bridgehead atoms. The Labute approximate surface area is 160 Å². The summed E-state index contributed by atoms with van der Waals surface area (Å²) in [6.07, 6.45) is 5.62. The molecule has 4 rings (SSSR count). The number of carbonyl (C=O) groups excluding carboxylic acids is 1. The molecule has 27 heavy (non-hydrogen) atoms. The van der Waals surface area contributed by atoms with Crippen LogP contribution in [0.25, 0.3) is 0 Å². The van der Waals surface area contributed by atoms with Gasteiger partial charge in [0.05, 0.1) is 18.3 Å². The monoisotopic (exact) mass is 376 g/mol. The minimum Gasteiger partial charge on any atom is -0.493 e. The molecule has 3 aliphatic rings. The minimum absolute atomic E-state index is 0.0116. The van der Waals surface area contributed by atoms with Crippen LogP contribution in [0.1, 0.15) is 81.1 Å². The Hall–Kier alpha value is -1.62. The van der Waals surface area contributed by atoms with Gasteiger partial charge in [-0.25, -0.2) is 9.18 Å². The van der Waals surface area contributed by atoms with Gasteiger partial charge in [-0.15, -0.1) is 0 Å². The highest BCUT2D eigenvalue weighted by atomic mass is 19.1. The molecule has 4 nitrogen and oxygen atoms in total. The first-order valence-electron chi connectivity index (χ1n) is 10.0. The van der Waals surface area contributed by atoms with Gasteiger partial charge in [-0.3, -0.25) is 0 Å². The maximum atomic E-state index is 14.6. The van der Waals surface area contributed by atoms with Gasteiger partial charge in [0, 0.05) is 11.5 Å². The Kier molecular flexibility index (Phi) is 4.49. The van der Waals surface area contributed by atoms with Crippen molar-refractivity contribution < 1.29 is 23.8 Å². The fourth-order valence-corrected chi connectivity index (χ4v) is 4.34. The summed E-state index contributed by atoms with van der Waals surface area (Å²) < 4.78 is 26.1. The number of ether oxygens (including phenoxy) is 2. The molecule has 5 heteroatoms. The van der Waals surface area contributed by atoms with Gasteiger partial charge in [0.25, 0.3) is 0 Å². The van der Waals surface area contributed by atoms with E-state index in [-0.39, 0.29) is 17.1 Å². The van der Waals surface area contributed by atoms with Gasteiger partial charge in [-0.2, -0.15) is 0 Å². The zero-order valence-corrected chi connectivity index (χ0v) is 16.4. The van der Waals surface area contributed by atoms with Crippen molar-refractivity contribution in [3.8, 4) is 5.75 Å². The highest BCUT2D eigenvalue weighted by molar-refractivity contribution is 5.90. The summed E-state index contributed by atoms with van der Waals surface area (Å²) in [4.78, 5) is 12.4. The standard InChI is InChI=1S/C22H29FO4/c1-21(2,3)27-20(25)17-9-16(13-4-5-13)19(10-18(17)23)26-12-22-7-6-15(24)8-14(22)11-22/h9-10,13-15,24H,4-8,11-12H2,1-3H3. The maximum Gasteiger partial charge on any atom is 0.341 e. The largest absolute Gasteiger partial charge is 0.493 e. The fraction of sp³-hybridized carbons (Fsp3) is 0.682. The Bertz CT molecular complexity index is 749. The van der Waals surface area contributed by atoms with E-state index in [1.165, 1.54) is 6.07 Å². The molecule has 1 aromatic carbocycles. The molecular weight excluding hydrogens is 347 g/mol. The molecule has 148 valence electrons. The van der Waals surface area contributed by atoms with E-state index in [1.54, 1.807) is 26.8 Å². The van der Waals surface area contributed by atoms with Gasteiger partial charge < -0.3 is 14.6 Å². The Morgan fingerprint density at radius 1 is 1.30 bits per heavy atom. The molecule has 0 saturated heterocycles. The van der Waals surface area contributed by atoms with E-state index < -0.39 is 17.4 Å². The number of esters is 1. The van der Waals surface area contributed by atoms with Gasteiger partial charge in [0.2, 0.25) is 0 Å². The minimum atomic E-state index is -0.663. The summed E-state index contributed by atoms with van der Waals surface area (Å²) >= 11 is 0. The summed E-state index contributed by atoms with van der Waals surface area (Å²) in [5, 5.41) is 9.80. The number of aliphatic hydroxyl groups excluding tert-OH is 1. The highest BCUT2D eigenvalue weighted by Gasteiger charge is 2.57. The van der Waals surface area contributed by atoms with Crippen LogP contribution in [0.4, 0.5) is 4.39 Å². The Morgan fingerprint density at radius 2 is 2.04 bits per heavy atom. The Morgan fingerprint density at radius 3 is 2.67 bits per heavy atom. The summed E-state index contributed by atoms with van der Waals surface area (Å²) in [7, 11) is 0. The molecule has 3 saturated carbocycles. The van der Waals surface area contributed by atoms with Crippen LogP contribution in [-0.2, 0) is 4.74 Å². The number of halogens is 1. The SMILES string of the molecule is CC(C)(C)OC(=O)c1cc(C2CC2)c(OCC23CCC(O)CC2C3)cc1F. The van der Waals surface area contributed by atoms with Crippen molar-refractivity contribution in [2.45, 2.75) is 76.9 Å². The number of hydrogen-bond acceptors (Lipinski definition) is 4. The van der Waals surface area contributed by atoms with Gasteiger partial charge >= 0.3 is 5.97 Å². The predicted molar refractivity (Wildman–Crippen MR) is 99.4 cm³/mol. The van der Waals surface area contributed by atoms with Crippen LogP contribution >= 0.6 is 0 Å². The third-order valence-electron chi connectivity index (χ3n) is 6.14. The zero-order valence-electron chi connectivity index (χ0n) is 16.4. The van der Waals surface area contributed by atoms with E-state index in [1.807, 2.05) is 0 Å². The van der Waals surface area contributed by atoms with Crippen molar-refractivity contribution in [2.24, 2.45) is 11.3 Å². The molecule has 3 unspecified atom stereocenters. The lowest BCUT2D eigenvalue weighted by Gasteiger charge is -2.26.